The zero-order chi connectivity index (χ0) is 24.6. The van der Waals surface area contributed by atoms with Crippen LogP contribution in [0, 0.1) is 17.5 Å². The van der Waals surface area contributed by atoms with Crippen molar-refractivity contribution in [2.45, 2.75) is 46.6 Å². The normalized spacial score (nSPS) is 11.5. The Morgan fingerprint density at radius 3 is 2.59 bits per heavy atom. The minimum atomic E-state index is -0.964. The number of para-hydroxylation sites is 1. The molecule has 8 heteroatoms. The van der Waals surface area contributed by atoms with Gasteiger partial charge in [-0.25, -0.2) is 4.79 Å². The van der Waals surface area contributed by atoms with Crippen LogP contribution in [0.15, 0.2) is 36.4 Å². The van der Waals surface area contributed by atoms with Gasteiger partial charge in [0.05, 0.1) is 17.8 Å². The smallest absolute Gasteiger partial charge is 0.352 e. The van der Waals surface area contributed by atoms with Gasteiger partial charge in [0.2, 0.25) is 0 Å². The molecule has 6 nitrogen and oxygen atoms in total. The third kappa shape index (κ3) is 4.81. The number of H-pyrrole nitrogens is 1. The maximum absolute atomic E-state index is 12.1. The third-order valence-corrected chi connectivity index (χ3v) is 7.00. The van der Waals surface area contributed by atoms with Crippen LogP contribution in [0.4, 0.5) is 0 Å². The number of halogens is 2. The first kappa shape index (κ1) is 24.6. The number of carboxylic acid groups (broad SMARTS) is 1. The summed E-state index contributed by atoms with van der Waals surface area (Å²) in [6, 6.07) is 12.0. The molecule has 0 unspecified atom stereocenters. The molecule has 34 heavy (non-hydrogen) atoms. The Morgan fingerprint density at radius 1 is 1.24 bits per heavy atom. The van der Waals surface area contributed by atoms with Gasteiger partial charge in [-0.1, -0.05) is 29.8 Å². The number of aryl methyl sites for hydroxylation is 3. The summed E-state index contributed by atoms with van der Waals surface area (Å²) in [5, 5.41) is 16.2. The summed E-state index contributed by atoms with van der Waals surface area (Å²) in [5.41, 5.74) is 5.70. The van der Waals surface area contributed by atoms with E-state index in [2.05, 4.69) is 46.5 Å². The number of carboxylic acids is 1. The molecule has 0 spiro atoms. The van der Waals surface area contributed by atoms with E-state index in [1.165, 1.54) is 0 Å². The number of carbonyl (C=O) groups is 1. The minimum absolute atomic E-state index is 0.180. The Bertz CT molecular complexity index is 1350. The number of nitrogens with zero attached hydrogens (tertiary/aromatic N) is 2. The van der Waals surface area contributed by atoms with Gasteiger partial charge in [0.25, 0.3) is 0 Å². The molecular weight excluding hydrogens is 565 g/mol. The van der Waals surface area contributed by atoms with Gasteiger partial charge in [0.1, 0.15) is 15.1 Å². The number of rotatable bonds is 8. The van der Waals surface area contributed by atoms with E-state index in [0.29, 0.717) is 19.4 Å². The SMILES string of the molecule is Cc1cc(OCCCc2c(C(=O)O)[nH]c3c(-c4cc(I)nn4C(C)C)cccc23)cc(C)c1Cl. The van der Waals surface area contributed by atoms with E-state index in [1.54, 1.807) is 0 Å². The number of nitrogens with one attached hydrogen (secondary N) is 1. The zero-order valence-corrected chi connectivity index (χ0v) is 22.5. The van der Waals surface area contributed by atoms with Gasteiger partial charge >= 0.3 is 5.97 Å². The molecule has 0 amide bonds. The molecule has 4 aromatic rings. The van der Waals surface area contributed by atoms with Crippen molar-refractivity contribution in [3.05, 3.63) is 67.5 Å². The fourth-order valence-corrected chi connectivity index (χ4v) is 4.95. The zero-order valence-electron chi connectivity index (χ0n) is 19.6. The lowest BCUT2D eigenvalue weighted by molar-refractivity contribution is 0.0690. The molecule has 2 aromatic heterocycles. The molecule has 0 fully saturated rings. The van der Waals surface area contributed by atoms with Gasteiger partial charge in [-0.05, 0) is 98.0 Å². The molecule has 2 aromatic carbocycles. The van der Waals surface area contributed by atoms with Gasteiger partial charge in [-0.15, -0.1) is 0 Å². The lowest BCUT2D eigenvalue weighted by atomic mass is 10.0. The molecule has 2 heterocycles. The summed E-state index contributed by atoms with van der Waals surface area (Å²) in [5.74, 6) is -0.190. The molecule has 0 aliphatic heterocycles. The quantitative estimate of drug-likeness (QED) is 0.168. The molecule has 0 saturated heterocycles. The van der Waals surface area contributed by atoms with E-state index in [1.807, 2.05) is 54.9 Å². The van der Waals surface area contributed by atoms with Crippen LogP contribution in [0.2, 0.25) is 5.02 Å². The first-order valence-electron chi connectivity index (χ1n) is 11.2. The summed E-state index contributed by atoms with van der Waals surface area (Å²) >= 11 is 8.45. The number of hydrogen-bond acceptors (Lipinski definition) is 3. The van der Waals surface area contributed by atoms with Crippen molar-refractivity contribution in [2.75, 3.05) is 6.61 Å². The number of aromatic carboxylic acids is 1. The van der Waals surface area contributed by atoms with Crippen molar-refractivity contribution >= 4 is 51.1 Å². The van der Waals surface area contributed by atoms with Crippen LogP contribution in [0.3, 0.4) is 0 Å². The molecule has 178 valence electrons. The second-order valence-corrected chi connectivity index (χ2v) is 10.2. The van der Waals surface area contributed by atoms with Crippen LogP contribution in [0.5, 0.6) is 5.75 Å². The number of aromatic amines is 1. The van der Waals surface area contributed by atoms with Crippen molar-refractivity contribution in [3.63, 3.8) is 0 Å². The predicted octanol–water partition coefficient (Wildman–Crippen LogP) is 7.20. The van der Waals surface area contributed by atoms with Crippen molar-refractivity contribution in [1.29, 1.82) is 0 Å². The Balaban J connectivity index is 1.63. The second kappa shape index (κ2) is 10.00. The molecule has 4 rings (SSSR count). The maximum Gasteiger partial charge on any atom is 0.352 e. The Labute approximate surface area is 217 Å². The van der Waals surface area contributed by atoms with Crippen LogP contribution in [-0.4, -0.2) is 32.4 Å². The number of hydrogen-bond donors (Lipinski definition) is 2. The topological polar surface area (TPSA) is 80.1 Å². The van der Waals surface area contributed by atoms with Gasteiger partial charge in [0.15, 0.2) is 0 Å². The van der Waals surface area contributed by atoms with Crippen LogP contribution in [0.1, 0.15) is 53.5 Å². The van der Waals surface area contributed by atoms with Crippen LogP contribution >= 0.6 is 34.2 Å². The fraction of sp³-hybridized carbons (Fsp3) is 0.308. The maximum atomic E-state index is 12.1. The Morgan fingerprint density at radius 2 is 1.94 bits per heavy atom. The van der Waals surface area contributed by atoms with Gasteiger partial charge < -0.3 is 14.8 Å². The van der Waals surface area contributed by atoms with Crippen LogP contribution in [-0.2, 0) is 6.42 Å². The van der Waals surface area contributed by atoms with Crippen LogP contribution < -0.4 is 4.74 Å². The number of ether oxygens (including phenoxy) is 1. The standard InChI is InChI=1S/C26H27ClIN3O3/c1-14(2)31-21(13-22(28)30-31)20-8-5-7-18-19(25(26(32)33)29-24(18)20)9-6-10-34-17-11-15(3)23(27)16(4)12-17/h5,7-8,11-14,29H,6,9-10H2,1-4H3,(H,32,33). The van der Waals surface area contributed by atoms with Gasteiger partial charge in [-0.2, -0.15) is 5.10 Å². The van der Waals surface area contributed by atoms with Gasteiger partial charge in [-0.3, -0.25) is 4.68 Å². The average Bonchev–Trinajstić information content (AvgIpc) is 3.35. The van der Waals surface area contributed by atoms with E-state index in [0.717, 1.165) is 53.3 Å². The number of fused-ring (bicyclic) bond motifs is 1. The Kier molecular flexibility index (Phi) is 7.23. The summed E-state index contributed by atoms with van der Waals surface area (Å²) in [4.78, 5) is 15.3. The Hall–Kier alpha value is -2.52. The summed E-state index contributed by atoms with van der Waals surface area (Å²) in [6.07, 6.45) is 1.26. The van der Waals surface area contributed by atoms with Crippen LogP contribution in [0.25, 0.3) is 22.2 Å². The molecule has 0 aliphatic carbocycles. The fourth-order valence-electron chi connectivity index (χ4n) is 4.32. The van der Waals surface area contributed by atoms with E-state index in [9.17, 15) is 9.90 Å². The highest BCUT2D eigenvalue weighted by Gasteiger charge is 2.21. The summed E-state index contributed by atoms with van der Waals surface area (Å²) < 4.78 is 8.81. The first-order chi connectivity index (χ1) is 16.2. The molecule has 0 aliphatic rings. The monoisotopic (exact) mass is 591 g/mol. The minimum Gasteiger partial charge on any atom is -0.494 e. The van der Waals surface area contributed by atoms with E-state index < -0.39 is 5.97 Å². The van der Waals surface area contributed by atoms with Crippen molar-refractivity contribution in [1.82, 2.24) is 14.8 Å². The number of benzene rings is 2. The number of aromatic nitrogens is 3. The highest BCUT2D eigenvalue weighted by atomic mass is 127. The molecular formula is C26H27ClIN3O3. The summed E-state index contributed by atoms with van der Waals surface area (Å²) in [6.45, 7) is 8.55. The lowest BCUT2D eigenvalue weighted by Gasteiger charge is -2.12. The molecule has 2 N–H and O–H groups in total. The van der Waals surface area contributed by atoms with Crippen molar-refractivity contribution in [3.8, 4) is 17.0 Å². The van der Waals surface area contributed by atoms with E-state index in [-0.39, 0.29) is 11.7 Å². The first-order valence-corrected chi connectivity index (χ1v) is 12.6. The molecule has 0 atom stereocenters. The third-order valence-electron chi connectivity index (χ3n) is 5.88. The van der Waals surface area contributed by atoms with Gasteiger partial charge in [0, 0.05) is 22.0 Å². The summed E-state index contributed by atoms with van der Waals surface area (Å²) in [7, 11) is 0. The lowest BCUT2D eigenvalue weighted by Crippen LogP contribution is -2.05. The molecule has 0 saturated carbocycles. The van der Waals surface area contributed by atoms with E-state index >= 15 is 0 Å². The van der Waals surface area contributed by atoms with Crippen molar-refractivity contribution in [2.24, 2.45) is 0 Å². The second-order valence-electron chi connectivity index (χ2n) is 8.73. The largest absolute Gasteiger partial charge is 0.494 e. The predicted molar refractivity (Wildman–Crippen MR) is 144 cm³/mol. The molecule has 0 radical (unpaired) electrons. The average molecular weight is 592 g/mol. The van der Waals surface area contributed by atoms with E-state index in [4.69, 9.17) is 16.3 Å². The van der Waals surface area contributed by atoms with Crippen molar-refractivity contribution < 1.29 is 14.6 Å². The highest BCUT2D eigenvalue weighted by Crippen LogP contribution is 2.34. The highest BCUT2D eigenvalue weighted by molar-refractivity contribution is 14.1. The molecule has 0 bridgehead atoms.